The van der Waals surface area contributed by atoms with Gasteiger partial charge in [-0.1, -0.05) is 23.7 Å². The number of hydrogen-bond acceptors (Lipinski definition) is 4. The molecule has 6 heteroatoms. The summed E-state index contributed by atoms with van der Waals surface area (Å²) in [5.41, 5.74) is 1.83. The normalized spacial score (nSPS) is 10.7. The molecule has 0 aliphatic carbocycles. The summed E-state index contributed by atoms with van der Waals surface area (Å²) in [7, 11) is 1.55. The second-order valence-corrected chi connectivity index (χ2v) is 5.83. The average Bonchev–Trinajstić information content (AvgIpc) is 2.95. The molecule has 5 nitrogen and oxygen atoms in total. The SMILES string of the molecule is CCOc1ccc(NC(=O)c2oc3c(Cl)cccc3c2C)cc1OC. The van der Waals surface area contributed by atoms with Crippen molar-refractivity contribution in [2.45, 2.75) is 13.8 Å². The van der Waals surface area contributed by atoms with Gasteiger partial charge in [-0.05, 0) is 32.0 Å². The fourth-order valence-corrected chi connectivity index (χ4v) is 2.85. The number of para-hydroxylation sites is 1. The van der Waals surface area contributed by atoms with Crippen molar-refractivity contribution in [3.05, 3.63) is 52.7 Å². The van der Waals surface area contributed by atoms with E-state index in [4.69, 9.17) is 25.5 Å². The Hall–Kier alpha value is -2.66. The van der Waals surface area contributed by atoms with Gasteiger partial charge in [0.25, 0.3) is 5.91 Å². The van der Waals surface area contributed by atoms with Gasteiger partial charge >= 0.3 is 0 Å². The Labute approximate surface area is 150 Å². The summed E-state index contributed by atoms with van der Waals surface area (Å²) in [6, 6.07) is 10.6. The predicted molar refractivity (Wildman–Crippen MR) is 98.1 cm³/mol. The first-order valence-corrected chi connectivity index (χ1v) is 8.22. The highest BCUT2D eigenvalue weighted by atomic mass is 35.5. The summed E-state index contributed by atoms with van der Waals surface area (Å²) in [6.45, 7) is 4.25. The third-order valence-electron chi connectivity index (χ3n) is 3.84. The van der Waals surface area contributed by atoms with Crippen LogP contribution in [-0.4, -0.2) is 19.6 Å². The smallest absolute Gasteiger partial charge is 0.291 e. The van der Waals surface area contributed by atoms with Crippen LogP contribution in [-0.2, 0) is 0 Å². The number of anilines is 1. The molecule has 0 radical (unpaired) electrons. The molecule has 0 unspecified atom stereocenters. The Kier molecular flexibility index (Phi) is 4.86. The largest absolute Gasteiger partial charge is 0.493 e. The highest BCUT2D eigenvalue weighted by Crippen LogP contribution is 2.33. The van der Waals surface area contributed by atoms with Gasteiger partial charge in [-0.25, -0.2) is 0 Å². The first-order chi connectivity index (χ1) is 12.0. The third-order valence-corrected chi connectivity index (χ3v) is 4.14. The summed E-state index contributed by atoms with van der Waals surface area (Å²) >= 11 is 6.14. The fraction of sp³-hybridized carbons (Fsp3) is 0.211. The van der Waals surface area contributed by atoms with Gasteiger partial charge < -0.3 is 19.2 Å². The van der Waals surface area contributed by atoms with Crippen molar-refractivity contribution in [1.82, 2.24) is 0 Å². The second-order valence-electron chi connectivity index (χ2n) is 5.43. The van der Waals surface area contributed by atoms with Crippen LogP contribution < -0.4 is 14.8 Å². The fourth-order valence-electron chi connectivity index (χ4n) is 2.63. The van der Waals surface area contributed by atoms with E-state index in [0.717, 1.165) is 10.9 Å². The number of hydrogen-bond donors (Lipinski definition) is 1. The van der Waals surface area contributed by atoms with Crippen LogP contribution in [0.3, 0.4) is 0 Å². The molecular weight excluding hydrogens is 342 g/mol. The van der Waals surface area contributed by atoms with Crippen molar-refractivity contribution in [3.8, 4) is 11.5 Å². The topological polar surface area (TPSA) is 60.7 Å². The molecule has 0 fully saturated rings. The molecule has 0 bridgehead atoms. The van der Waals surface area contributed by atoms with Crippen LogP contribution in [0.15, 0.2) is 40.8 Å². The molecule has 1 N–H and O–H groups in total. The van der Waals surface area contributed by atoms with Crippen LogP contribution in [0.25, 0.3) is 11.0 Å². The molecule has 130 valence electrons. The van der Waals surface area contributed by atoms with Crippen molar-refractivity contribution in [3.63, 3.8) is 0 Å². The summed E-state index contributed by atoms with van der Waals surface area (Å²) in [6.07, 6.45) is 0. The van der Waals surface area contributed by atoms with Gasteiger partial charge in [0, 0.05) is 22.7 Å². The summed E-state index contributed by atoms with van der Waals surface area (Å²) in [5, 5.41) is 4.11. The molecule has 3 aromatic rings. The quantitative estimate of drug-likeness (QED) is 0.692. The van der Waals surface area contributed by atoms with Crippen LogP contribution >= 0.6 is 11.6 Å². The number of amides is 1. The molecule has 0 spiro atoms. The lowest BCUT2D eigenvalue weighted by atomic mass is 10.1. The number of carbonyl (C=O) groups excluding carboxylic acids is 1. The van der Waals surface area contributed by atoms with E-state index in [0.29, 0.717) is 34.4 Å². The molecule has 0 saturated carbocycles. The molecule has 1 heterocycles. The lowest BCUT2D eigenvalue weighted by Gasteiger charge is -2.11. The zero-order valence-electron chi connectivity index (χ0n) is 14.2. The number of fused-ring (bicyclic) bond motifs is 1. The summed E-state index contributed by atoms with van der Waals surface area (Å²) < 4.78 is 16.5. The highest BCUT2D eigenvalue weighted by Gasteiger charge is 2.19. The molecule has 2 aromatic carbocycles. The van der Waals surface area contributed by atoms with Gasteiger partial charge in [0.2, 0.25) is 0 Å². The Morgan fingerprint density at radius 3 is 2.72 bits per heavy atom. The van der Waals surface area contributed by atoms with Gasteiger partial charge in [-0.3, -0.25) is 4.79 Å². The Balaban J connectivity index is 1.90. The monoisotopic (exact) mass is 359 g/mol. The van der Waals surface area contributed by atoms with Gasteiger partial charge in [0.15, 0.2) is 22.8 Å². The van der Waals surface area contributed by atoms with Crippen molar-refractivity contribution >= 4 is 34.2 Å². The molecular formula is C19H18ClNO4. The van der Waals surface area contributed by atoms with E-state index in [9.17, 15) is 4.79 Å². The number of aryl methyl sites for hydroxylation is 1. The Bertz CT molecular complexity index is 933. The van der Waals surface area contributed by atoms with Crippen LogP contribution in [0.1, 0.15) is 23.0 Å². The zero-order valence-corrected chi connectivity index (χ0v) is 14.9. The van der Waals surface area contributed by atoms with Crippen LogP contribution in [0.4, 0.5) is 5.69 Å². The van der Waals surface area contributed by atoms with Crippen molar-refractivity contribution in [2.75, 3.05) is 19.0 Å². The second kappa shape index (κ2) is 7.07. The van der Waals surface area contributed by atoms with Crippen LogP contribution in [0.2, 0.25) is 5.02 Å². The summed E-state index contributed by atoms with van der Waals surface area (Å²) in [4.78, 5) is 12.6. The number of nitrogens with one attached hydrogen (secondary N) is 1. The van der Waals surface area contributed by atoms with E-state index < -0.39 is 0 Å². The average molecular weight is 360 g/mol. The van der Waals surface area contributed by atoms with Gasteiger partial charge in [0.05, 0.1) is 18.7 Å². The minimum absolute atomic E-state index is 0.232. The number of furan rings is 1. The van der Waals surface area contributed by atoms with Crippen LogP contribution in [0, 0.1) is 6.92 Å². The van der Waals surface area contributed by atoms with Gasteiger partial charge in [-0.2, -0.15) is 0 Å². The van der Waals surface area contributed by atoms with Crippen molar-refractivity contribution in [2.24, 2.45) is 0 Å². The molecule has 25 heavy (non-hydrogen) atoms. The molecule has 0 saturated heterocycles. The van der Waals surface area contributed by atoms with Gasteiger partial charge in [-0.15, -0.1) is 0 Å². The molecule has 0 aliphatic rings. The van der Waals surface area contributed by atoms with Crippen molar-refractivity contribution < 1.29 is 18.7 Å². The maximum Gasteiger partial charge on any atom is 0.291 e. The molecule has 1 aromatic heterocycles. The number of methoxy groups -OCH3 is 1. The van der Waals surface area contributed by atoms with E-state index >= 15 is 0 Å². The highest BCUT2D eigenvalue weighted by molar-refractivity contribution is 6.35. The van der Waals surface area contributed by atoms with E-state index in [-0.39, 0.29) is 11.7 Å². The Morgan fingerprint density at radius 2 is 2.04 bits per heavy atom. The maximum atomic E-state index is 12.6. The van der Waals surface area contributed by atoms with Crippen molar-refractivity contribution in [1.29, 1.82) is 0 Å². The molecule has 3 rings (SSSR count). The minimum atomic E-state index is -0.351. The first kappa shape index (κ1) is 17.2. The lowest BCUT2D eigenvalue weighted by Crippen LogP contribution is -2.12. The number of halogens is 1. The zero-order chi connectivity index (χ0) is 18.0. The predicted octanol–water partition coefficient (Wildman–Crippen LogP) is 5.05. The minimum Gasteiger partial charge on any atom is -0.493 e. The van der Waals surface area contributed by atoms with E-state index in [1.165, 1.54) is 0 Å². The molecule has 0 atom stereocenters. The van der Waals surface area contributed by atoms with Crippen LogP contribution in [0.5, 0.6) is 11.5 Å². The van der Waals surface area contributed by atoms with E-state index in [1.54, 1.807) is 31.4 Å². The summed E-state index contributed by atoms with van der Waals surface area (Å²) in [5.74, 6) is 1.05. The lowest BCUT2D eigenvalue weighted by molar-refractivity contribution is 0.0998. The van der Waals surface area contributed by atoms with Gasteiger partial charge in [0.1, 0.15) is 0 Å². The standard InChI is InChI=1S/C19H18ClNO4/c1-4-24-15-9-8-12(10-16(15)23-3)21-19(22)17-11(2)13-6-5-7-14(20)18(13)25-17/h5-10H,4H2,1-3H3,(H,21,22). The number of rotatable bonds is 5. The number of ether oxygens (including phenoxy) is 2. The molecule has 0 aliphatic heterocycles. The molecule has 1 amide bonds. The third kappa shape index (κ3) is 3.28. The van der Waals surface area contributed by atoms with E-state index in [2.05, 4.69) is 5.32 Å². The Morgan fingerprint density at radius 1 is 1.24 bits per heavy atom. The van der Waals surface area contributed by atoms with E-state index in [1.807, 2.05) is 26.0 Å². The number of carbonyl (C=O) groups is 1. The number of benzene rings is 2. The maximum absolute atomic E-state index is 12.6. The first-order valence-electron chi connectivity index (χ1n) is 7.85.